The summed E-state index contributed by atoms with van der Waals surface area (Å²) in [6, 6.07) is 6.82. The summed E-state index contributed by atoms with van der Waals surface area (Å²) in [6.07, 6.45) is -2.09. The first kappa shape index (κ1) is 20.3. The van der Waals surface area contributed by atoms with Crippen molar-refractivity contribution in [2.45, 2.75) is 19.4 Å². The van der Waals surface area contributed by atoms with Crippen molar-refractivity contribution in [3.05, 3.63) is 74.8 Å². The number of esters is 1. The van der Waals surface area contributed by atoms with Gasteiger partial charge in [0.15, 0.2) is 6.79 Å². The number of carbonyl (C=O) groups is 1. The minimum absolute atomic E-state index is 0.0282. The Morgan fingerprint density at radius 2 is 1.97 bits per heavy atom. The van der Waals surface area contributed by atoms with Crippen LogP contribution in [0.2, 0.25) is 0 Å². The Kier molecular flexibility index (Phi) is 5.83. The maximum Gasteiger partial charge on any atom is 0.416 e. The van der Waals surface area contributed by atoms with E-state index in [-0.39, 0.29) is 25.7 Å². The van der Waals surface area contributed by atoms with E-state index < -0.39 is 22.6 Å². The van der Waals surface area contributed by atoms with Gasteiger partial charge in [-0.25, -0.2) is 4.79 Å². The zero-order valence-corrected chi connectivity index (χ0v) is 14.8. The maximum absolute atomic E-state index is 12.5. The van der Waals surface area contributed by atoms with E-state index in [0.717, 1.165) is 18.2 Å². The largest absolute Gasteiger partial charge is 0.467 e. The van der Waals surface area contributed by atoms with Crippen molar-refractivity contribution < 1.29 is 37.1 Å². The summed E-state index contributed by atoms with van der Waals surface area (Å²) in [7, 11) is 0. The minimum Gasteiger partial charge on any atom is -0.467 e. The minimum atomic E-state index is -4.44. The Labute approximate surface area is 162 Å². The molecule has 7 nitrogen and oxygen atoms in total. The first-order valence-electron chi connectivity index (χ1n) is 8.27. The molecule has 0 aliphatic carbocycles. The van der Waals surface area contributed by atoms with Gasteiger partial charge in [0.1, 0.15) is 12.4 Å². The van der Waals surface area contributed by atoms with Gasteiger partial charge in [0.25, 0.3) is 5.69 Å². The molecule has 0 fully saturated rings. The van der Waals surface area contributed by atoms with Crippen molar-refractivity contribution in [3.8, 4) is 5.75 Å². The summed E-state index contributed by atoms with van der Waals surface area (Å²) in [5.41, 5.74) is 0.176. The van der Waals surface area contributed by atoms with Crippen molar-refractivity contribution in [1.82, 2.24) is 0 Å². The van der Waals surface area contributed by atoms with E-state index in [0.29, 0.717) is 22.4 Å². The molecule has 3 rings (SSSR count). The molecule has 0 saturated carbocycles. The number of halogens is 3. The van der Waals surface area contributed by atoms with Crippen LogP contribution in [0.25, 0.3) is 6.08 Å². The van der Waals surface area contributed by atoms with Crippen LogP contribution in [0.3, 0.4) is 0 Å². The average Bonchev–Trinajstić information content (AvgIpc) is 2.69. The monoisotopic (exact) mass is 409 g/mol. The van der Waals surface area contributed by atoms with Gasteiger partial charge >= 0.3 is 12.1 Å². The number of benzene rings is 2. The van der Waals surface area contributed by atoms with E-state index in [2.05, 4.69) is 0 Å². The SMILES string of the molecule is O=C(/C=C/c1ccc(C(F)(F)F)cc1)OCc1cc([N+](=O)[O-])cc2c1OCOC2. The van der Waals surface area contributed by atoms with Crippen LogP contribution in [0.15, 0.2) is 42.5 Å². The Balaban J connectivity index is 1.67. The summed E-state index contributed by atoms with van der Waals surface area (Å²) in [5.74, 6) is -0.404. The van der Waals surface area contributed by atoms with Crippen molar-refractivity contribution in [2.24, 2.45) is 0 Å². The number of ether oxygens (including phenoxy) is 3. The molecule has 2 aromatic rings. The Morgan fingerprint density at radius 1 is 1.24 bits per heavy atom. The summed E-state index contributed by atoms with van der Waals surface area (Å²) in [6.45, 7) is -0.175. The molecule has 0 aromatic heterocycles. The molecule has 0 bridgehead atoms. The normalized spacial score (nSPS) is 13.6. The highest BCUT2D eigenvalue weighted by Gasteiger charge is 2.29. The number of rotatable bonds is 5. The first-order chi connectivity index (χ1) is 13.7. The zero-order chi connectivity index (χ0) is 21.0. The molecule has 0 unspecified atom stereocenters. The molecule has 0 N–H and O–H groups in total. The van der Waals surface area contributed by atoms with Crippen molar-refractivity contribution in [1.29, 1.82) is 0 Å². The number of fused-ring (bicyclic) bond motifs is 1. The number of carbonyl (C=O) groups excluding carboxylic acids is 1. The molecule has 152 valence electrons. The third kappa shape index (κ3) is 5.11. The van der Waals surface area contributed by atoms with Crippen LogP contribution >= 0.6 is 0 Å². The van der Waals surface area contributed by atoms with Crippen LogP contribution < -0.4 is 4.74 Å². The fourth-order valence-corrected chi connectivity index (χ4v) is 2.64. The second-order valence-electron chi connectivity index (χ2n) is 6.02. The number of hydrogen-bond acceptors (Lipinski definition) is 6. The summed E-state index contributed by atoms with van der Waals surface area (Å²) >= 11 is 0. The molecular weight excluding hydrogens is 395 g/mol. The average molecular weight is 409 g/mol. The van der Waals surface area contributed by atoms with E-state index in [4.69, 9.17) is 14.2 Å². The van der Waals surface area contributed by atoms with Gasteiger partial charge in [0.05, 0.1) is 17.1 Å². The molecule has 1 aliphatic heterocycles. The summed E-state index contributed by atoms with van der Waals surface area (Å²) in [4.78, 5) is 22.4. The van der Waals surface area contributed by atoms with Crippen molar-refractivity contribution in [2.75, 3.05) is 6.79 Å². The van der Waals surface area contributed by atoms with Gasteiger partial charge in [-0.1, -0.05) is 12.1 Å². The number of nitrogens with zero attached hydrogens (tertiary/aromatic N) is 1. The third-order valence-electron chi connectivity index (χ3n) is 4.00. The van der Waals surface area contributed by atoms with Gasteiger partial charge in [-0.15, -0.1) is 0 Å². The van der Waals surface area contributed by atoms with Gasteiger partial charge in [-0.05, 0) is 23.8 Å². The van der Waals surface area contributed by atoms with Crippen LogP contribution in [0, 0.1) is 10.1 Å². The van der Waals surface area contributed by atoms with Gasteiger partial charge in [0, 0.05) is 29.3 Å². The highest BCUT2D eigenvalue weighted by Crippen LogP contribution is 2.33. The van der Waals surface area contributed by atoms with Gasteiger partial charge in [-0.3, -0.25) is 10.1 Å². The van der Waals surface area contributed by atoms with E-state index in [1.807, 2.05) is 0 Å². The van der Waals surface area contributed by atoms with Crippen LogP contribution in [0.1, 0.15) is 22.3 Å². The molecule has 29 heavy (non-hydrogen) atoms. The van der Waals surface area contributed by atoms with E-state index in [9.17, 15) is 28.1 Å². The van der Waals surface area contributed by atoms with E-state index in [1.165, 1.54) is 30.3 Å². The second kappa shape index (κ2) is 8.31. The molecular formula is C19H14F3NO6. The standard InChI is InChI=1S/C19H14F3NO6/c20-19(21,22)15-4-1-12(2-5-15)3-6-17(24)28-10-14-8-16(23(25)26)7-13-9-27-11-29-18(13)14/h1-8H,9-11H2/b6-3+. The Morgan fingerprint density at radius 3 is 2.62 bits per heavy atom. The molecule has 0 saturated heterocycles. The predicted octanol–water partition coefficient (Wildman–Crippen LogP) is 4.24. The van der Waals surface area contributed by atoms with Crippen LogP contribution in [0.4, 0.5) is 18.9 Å². The van der Waals surface area contributed by atoms with Crippen LogP contribution in [-0.2, 0) is 33.7 Å². The molecule has 0 amide bonds. The Hall–Kier alpha value is -3.40. The second-order valence-corrected chi connectivity index (χ2v) is 6.02. The highest BCUT2D eigenvalue weighted by atomic mass is 19.4. The number of non-ortho nitro benzene ring substituents is 1. The van der Waals surface area contributed by atoms with Crippen molar-refractivity contribution >= 4 is 17.7 Å². The maximum atomic E-state index is 12.5. The smallest absolute Gasteiger partial charge is 0.416 e. The molecule has 10 heteroatoms. The first-order valence-corrected chi connectivity index (χ1v) is 8.27. The number of nitro benzene ring substituents is 1. The molecule has 1 heterocycles. The lowest BCUT2D eigenvalue weighted by Crippen LogP contribution is -2.14. The lowest BCUT2D eigenvalue weighted by atomic mass is 10.1. The van der Waals surface area contributed by atoms with Crippen LogP contribution in [-0.4, -0.2) is 17.7 Å². The third-order valence-corrected chi connectivity index (χ3v) is 4.00. The predicted molar refractivity (Wildman–Crippen MR) is 93.7 cm³/mol. The summed E-state index contributed by atoms with van der Waals surface area (Å²) in [5, 5.41) is 11.1. The van der Waals surface area contributed by atoms with E-state index >= 15 is 0 Å². The van der Waals surface area contributed by atoms with Gasteiger partial charge < -0.3 is 14.2 Å². The fraction of sp³-hybridized carbons (Fsp3) is 0.211. The lowest BCUT2D eigenvalue weighted by molar-refractivity contribution is -0.385. The van der Waals surface area contributed by atoms with Gasteiger partial charge in [-0.2, -0.15) is 13.2 Å². The zero-order valence-electron chi connectivity index (χ0n) is 14.8. The number of hydrogen-bond donors (Lipinski definition) is 0. The summed E-state index contributed by atoms with van der Waals surface area (Å²) < 4.78 is 53.1. The quantitative estimate of drug-likeness (QED) is 0.318. The van der Waals surface area contributed by atoms with E-state index in [1.54, 1.807) is 0 Å². The van der Waals surface area contributed by atoms with Crippen LogP contribution in [0.5, 0.6) is 5.75 Å². The van der Waals surface area contributed by atoms with Gasteiger partial charge in [0.2, 0.25) is 0 Å². The highest BCUT2D eigenvalue weighted by molar-refractivity contribution is 5.87. The molecule has 1 aliphatic rings. The number of nitro groups is 1. The number of alkyl halides is 3. The molecule has 0 spiro atoms. The molecule has 2 aromatic carbocycles. The molecule has 0 radical (unpaired) electrons. The lowest BCUT2D eigenvalue weighted by Gasteiger charge is -2.20. The molecule has 0 atom stereocenters. The Bertz CT molecular complexity index is 954. The van der Waals surface area contributed by atoms with Crippen molar-refractivity contribution in [3.63, 3.8) is 0 Å². The topological polar surface area (TPSA) is 87.9 Å². The fourth-order valence-electron chi connectivity index (χ4n) is 2.64.